The Bertz CT molecular complexity index is 54.9. The average molecular weight is 131 g/mol. The van der Waals surface area contributed by atoms with Crippen LogP contribution in [0.25, 0.3) is 0 Å². The first kappa shape index (κ1) is 8.92. The molecule has 1 radical (unpaired) electrons. The molecule has 0 bridgehead atoms. The van der Waals surface area contributed by atoms with E-state index in [9.17, 15) is 0 Å². The van der Waals surface area contributed by atoms with Gasteiger partial charge >= 0.3 is 0 Å². The first-order chi connectivity index (χ1) is 4.31. The Labute approximate surface area is 57.2 Å². The van der Waals surface area contributed by atoms with Crippen LogP contribution in [0.15, 0.2) is 0 Å². The Morgan fingerprint density at radius 1 is 1.44 bits per heavy atom. The van der Waals surface area contributed by atoms with Gasteiger partial charge in [-0.15, -0.1) is 0 Å². The molecule has 0 heterocycles. The van der Waals surface area contributed by atoms with E-state index >= 15 is 0 Å². The second kappa shape index (κ2) is 6.05. The number of ether oxygens (including phenoxy) is 2. The summed E-state index contributed by atoms with van der Waals surface area (Å²) in [6, 6.07) is 0. The molecular weight excluding hydrogens is 116 g/mol. The van der Waals surface area contributed by atoms with Gasteiger partial charge in [-0.05, 0) is 13.3 Å². The van der Waals surface area contributed by atoms with Crippen molar-refractivity contribution in [1.82, 2.24) is 0 Å². The van der Waals surface area contributed by atoms with Crippen LogP contribution in [-0.2, 0) is 9.47 Å². The fourth-order valence-electron chi connectivity index (χ4n) is 0.416. The lowest BCUT2D eigenvalue weighted by atomic mass is 10.3. The molecule has 0 aliphatic carbocycles. The van der Waals surface area contributed by atoms with Gasteiger partial charge in [0.25, 0.3) is 0 Å². The normalized spacial score (nSPS) is 13.7. The summed E-state index contributed by atoms with van der Waals surface area (Å²) in [6.45, 7) is 7.11. The maximum atomic E-state index is 5.20. The Morgan fingerprint density at radius 2 is 2.11 bits per heavy atom. The van der Waals surface area contributed by atoms with E-state index in [2.05, 4.69) is 6.92 Å². The zero-order chi connectivity index (χ0) is 7.11. The Kier molecular flexibility index (Phi) is 5.99. The summed E-state index contributed by atoms with van der Waals surface area (Å²) < 4.78 is 9.98. The smallest absolute Gasteiger partial charge is 0.0704 e. The van der Waals surface area contributed by atoms with Crippen molar-refractivity contribution in [3.63, 3.8) is 0 Å². The third kappa shape index (κ3) is 5.80. The van der Waals surface area contributed by atoms with E-state index in [1.165, 1.54) is 0 Å². The van der Waals surface area contributed by atoms with Gasteiger partial charge in [0, 0.05) is 7.11 Å². The summed E-state index contributed by atoms with van der Waals surface area (Å²) in [7, 11) is 1.66. The van der Waals surface area contributed by atoms with Crippen LogP contribution < -0.4 is 0 Å². The van der Waals surface area contributed by atoms with Crippen molar-refractivity contribution in [2.75, 3.05) is 20.3 Å². The Morgan fingerprint density at radius 3 is 2.56 bits per heavy atom. The minimum absolute atomic E-state index is 0.125. The predicted molar refractivity (Wildman–Crippen MR) is 37.3 cm³/mol. The number of hydrogen-bond donors (Lipinski definition) is 0. The Balaban J connectivity index is 2.88. The van der Waals surface area contributed by atoms with Gasteiger partial charge in [0.05, 0.1) is 19.3 Å². The highest BCUT2D eigenvalue weighted by Crippen LogP contribution is 1.93. The summed E-state index contributed by atoms with van der Waals surface area (Å²) in [5.74, 6) is 0. The zero-order valence-corrected chi connectivity index (χ0v) is 6.22. The van der Waals surface area contributed by atoms with Crippen molar-refractivity contribution in [3.05, 3.63) is 6.92 Å². The van der Waals surface area contributed by atoms with Crippen molar-refractivity contribution < 1.29 is 9.47 Å². The van der Waals surface area contributed by atoms with Crippen LogP contribution in [0.3, 0.4) is 0 Å². The molecule has 0 aliphatic rings. The SMILES string of the molecule is [CH2]C(CC)OCCOC. The van der Waals surface area contributed by atoms with Gasteiger partial charge < -0.3 is 9.47 Å². The van der Waals surface area contributed by atoms with E-state index in [1.807, 2.05) is 6.92 Å². The van der Waals surface area contributed by atoms with Crippen molar-refractivity contribution >= 4 is 0 Å². The molecular formula is C7H15O2. The van der Waals surface area contributed by atoms with E-state index in [1.54, 1.807) is 7.11 Å². The summed E-state index contributed by atoms with van der Waals surface area (Å²) in [5, 5.41) is 0. The quantitative estimate of drug-likeness (QED) is 0.523. The molecule has 0 saturated heterocycles. The van der Waals surface area contributed by atoms with Crippen LogP contribution in [0.4, 0.5) is 0 Å². The van der Waals surface area contributed by atoms with Crippen LogP contribution in [0, 0.1) is 6.92 Å². The molecule has 0 rings (SSSR count). The maximum absolute atomic E-state index is 5.20. The molecule has 0 N–H and O–H groups in total. The van der Waals surface area contributed by atoms with Crippen LogP contribution in [0.5, 0.6) is 0 Å². The third-order valence-corrected chi connectivity index (χ3v) is 1.10. The van der Waals surface area contributed by atoms with Gasteiger partial charge in [-0.3, -0.25) is 0 Å². The monoisotopic (exact) mass is 131 g/mol. The second-order valence-corrected chi connectivity index (χ2v) is 1.89. The highest BCUT2D eigenvalue weighted by Gasteiger charge is 1.95. The number of methoxy groups -OCH3 is 1. The van der Waals surface area contributed by atoms with Gasteiger partial charge in [0.1, 0.15) is 0 Å². The van der Waals surface area contributed by atoms with Crippen molar-refractivity contribution in [2.24, 2.45) is 0 Å². The molecule has 0 fully saturated rings. The molecule has 1 unspecified atom stereocenters. The minimum Gasteiger partial charge on any atom is -0.382 e. The maximum Gasteiger partial charge on any atom is 0.0704 e. The lowest BCUT2D eigenvalue weighted by Gasteiger charge is -2.08. The number of rotatable bonds is 5. The molecule has 0 spiro atoms. The molecule has 2 nitrogen and oxygen atoms in total. The molecule has 0 aromatic heterocycles. The highest BCUT2D eigenvalue weighted by atomic mass is 16.5. The van der Waals surface area contributed by atoms with Crippen LogP contribution in [-0.4, -0.2) is 26.4 Å². The first-order valence-corrected chi connectivity index (χ1v) is 3.24. The van der Waals surface area contributed by atoms with Gasteiger partial charge in [0.15, 0.2) is 0 Å². The summed E-state index contributed by atoms with van der Waals surface area (Å²) >= 11 is 0. The lowest BCUT2D eigenvalue weighted by molar-refractivity contribution is 0.0368. The zero-order valence-electron chi connectivity index (χ0n) is 6.22. The van der Waals surface area contributed by atoms with Crippen LogP contribution in [0.2, 0.25) is 0 Å². The molecule has 0 aromatic carbocycles. The molecule has 9 heavy (non-hydrogen) atoms. The van der Waals surface area contributed by atoms with E-state index < -0.39 is 0 Å². The van der Waals surface area contributed by atoms with Crippen LogP contribution >= 0.6 is 0 Å². The van der Waals surface area contributed by atoms with Crippen molar-refractivity contribution in [3.8, 4) is 0 Å². The van der Waals surface area contributed by atoms with Gasteiger partial charge in [-0.1, -0.05) is 6.92 Å². The molecule has 55 valence electrons. The fourth-order valence-corrected chi connectivity index (χ4v) is 0.416. The summed E-state index contributed by atoms with van der Waals surface area (Å²) in [5.41, 5.74) is 0. The molecule has 0 aromatic rings. The van der Waals surface area contributed by atoms with E-state index in [0.29, 0.717) is 13.2 Å². The lowest BCUT2D eigenvalue weighted by Crippen LogP contribution is -2.10. The number of hydrogen-bond acceptors (Lipinski definition) is 2. The molecule has 0 amide bonds. The fraction of sp³-hybridized carbons (Fsp3) is 0.857. The van der Waals surface area contributed by atoms with Gasteiger partial charge in [-0.25, -0.2) is 0 Å². The standard InChI is InChI=1S/C7H15O2/c1-4-7(2)9-6-5-8-3/h7H,2,4-6H2,1,3H3. The minimum atomic E-state index is 0.125. The molecule has 2 heteroatoms. The second-order valence-electron chi connectivity index (χ2n) is 1.89. The predicted octanol–water partition coefficient (Wildman–Crippen LogP) is 1.26. The van der Waals surface area contributed by atoms with E-state index in [0.717, 1.165) is 6.42 Å². The highest BCUT2D eigenvalue weighted by molar-refractivity contribution is 4.54. The van der Waals surface area contributed by atoms with Crippen molar-refractivity contribution in [1.29, 1.82) is 0 Å². The van der Waals surface area contributed by atoms with Crippen LogP contribution in [0.1, 0.15) is 13.3 Å². The molecule has 1 atom stereocenters. The summed E-state index contributed by atoms with van der Waals surface area (Å²) in [6.07, 6.45) is 1.09. The molecule has 0 aliphatic heterocycles. The van der Waals surface area contributed by atoms with Crippen molar-refractivity contribution in [2.45, 2.75) is 19.4 Å². The van der Waals surface area contributed by atoms with Gasteiger partial charge in [0.2, 0.25) is 0 Å². The van der Waals surface area contributed by atoms with E-state index in [-0.39, 0.29) is 6.10 Å². The van der Waals surface area contributed by atoms with E-state index in [4.69, 9.17) is 9.47 Å². The largest absolute Gasteiger partial charge is 0.382 e. The average Bonchev–Trinajstić information content (AvgIpc) is 1.89. The third-order valence-electron chi connectivity index (χ3n) is 1.10. The summed E-state index contributed by atoms with van der Waals surface area (Å²) in [4.78, 5) is 0. The molecule has 0 saturated carbocycles. The first-order valence-electron chi connectivity index (χ1n) is 3.24. The Hall–Kier alpha value is -0.0800. The van der Waals surface area contributed by atoms with Gasteiger partial charge in [-0.2, -0.15) is 0 Å². The topological polar surface area (TPSA) is 18.5 Å².